The average Bonchev–Trinajstić information content (AvgIpc) is 3.64. The van der Waals surface area contributed by atoms with E-state index in [2.05, 4.69) is 38.1 Å². The van der Waals surface area contributed by atoms with Crippen LogP contribution in [0, 0.1) is 12.9 Å². The number of para-hydroxylation sites is 2. The van der Waals surface area contributed by atoms with E-state index in [9.17, 15) is 5.11 Å². The molecule has 0 spiro atoms. The predicted octanol–water partition coefficient (Wildman–Crippen LogP) is 15.1. The number of aromatic nitrogens is 3. The molecule has 8 rings (SSSR count). The van der Waals surface area contributed by atoms with E-state index in [0.29, 0.717) is 50.4 Å². The molecule has 0 radical (unpaired) electrons. The first-order valence-electron chi connectivity index (χ1n) is 23.2. The van der Waals surface area contributed by atoms with Gasteiger partial charge in [0.2, 0.25) is 0 Å². The second-order valence-electron chi connectivity index (χ2n) is 16.3. The molecule has 4 nitrogen and oxygen atoms in total. The van der Waals surface area contributed by atoms with Gasteiger partial charge in [0.25, 0.3) is 0 Å². The van der Waals surface area contributed by atoms with E-state index in [1.54, 1.807) is 64.2 Å². The van der Waals surface area contributed by atoms with Gasteiger partial charge >= 0.3 is 0 Å². The van der Waals surface area contributed by atoms with Crippen LogP contribution in [-0.2, 0) is 21.1 Å². The summed E-state index contributed by atoms with van der Waals surface area (Å²) in [6, 6.07) is 43.7. The number of aromatic hydroxyl groups is 1. The number of fused-ring (bicyclic) bond motifs is 1. The van der Waals surface area contributed by atoms with Gasteiger partial charge in [-0.1, -0.05) is 145 Å². The molecule has 0 saturated carbocycles. The second-order valence-corrected chi connectivity index (χ2v) is 16.3. The Kier molecular flexibility index (Phi) is 10.3. The molecule has 6 aromatic carbocycles. The number of hydrogen-bond donors (Lipinski definition) is 1. The van der Waals surface area contributed by atoms with Gasteiger partial charge in [0, 0.05) is 41.2 Å². The van der Waals surface area contributed by atoms with Gasteiger partial charge < -0.3 is 5.11 Å². The summed E-state index contributed by atoms with van der Waals surface area (Å²) >= 11 is 0. The van der Waals surface area contributed by atoms with Crippen molar-refractivity contribution in [2.24, 2.45) is 0 Å². The summed E-state index contributed by atoms with van der Waals surface area (Å²) in [4.78, 5) is 10.1. The van der Waals surface area contributed by atoms with E-state index < -0.39 is 24.5 Å². The van der Waals surface area contributed by atoms with Crippen LogP contribution in [0.3, 0.4) is 0 Å². The van der Waals surface area contributed by atoms with Gasteiger partial charge in [-0.2, -0.15) is 0 Å². The van der Waals surface area contributed by atoms with Crippen LogP contribution in [0.2, 0.25) is 0 Å². The van der Waals surface area contributed by atoms with E-state index in [-0.39, 0.29) is 38.3 Å². The maximum absolute atomic E-state index is 11.4. The molecule has 0 aliphatic rings. The van der Waals surface area contributed by atoms with E-state index >= 15 is 0 Å². The summed E-state index contributed by atoms with van der Waals surface area (Å²) in [6.45, 7) is 12.6. The van der Waals surface area contributed by atoms with Gasteiger partial charge in [-0.3, -0.25) is 9.55 Å². The quantitative estimate of drug-likeness (QED) is 0.139. The van der Waals surface area contributed by atoms with Crippen LogP contribution >= 0.6 is 0 Å². The third-order valence-electron chi connectivity index (χ3n) is 11.2. The van der Waals surface area contributed by atoms with Gasteiger partial charge in [0.1, 0.15) is 11.6 Å². The number of rotatable bonds is 10. The molecule has 5 heteroatoms. The molecule has 0 bridgehead atoms. The monoisotopic (exact) mass is 973 g/mol. The fourth-order valence-corrected chi connectivity index (χ4v) is 7.95. The van der Waals surface area contributed by atoms with Crippen molar-refractivity contribution in [3.63, 3.8) is 0 Å². The number of hydrogen-bond acceptors (Lipinski definition) is 3. The molecule has 60 heavy (non-hydrogen) atoms. The molecule has 2 heterocycles. The molecule has 0 unspecified atom stereocenters. The fraction of sp³-hybridized carbons (Fsp3) is 0.236. The SMILES string of the molecule is [2H]C([2H])([2H])c1cc(-c2c(C([2H])(C)C)cccc2C([2H])(C)C)ccc1-n1c(-c2ccccc2O)nc2c(-c3[c-]c(-c4cc(-c5ccc(C([2H])(C)C)cc5)ccn4)cc(C(C)C)c3)cccc21.[Pt]. The number of pyridine rings is 1. The zero-order chi connectivity index (χ0) is 46.8. The van der Waals surface area contributed by atoms with E-state index in [0.717, 1.165) is 44.6 Å². The summed E-state index contributed by atoms with van der Waals surface area (Å²) in [7, 11) is 0. The first kappa shape index (κ1) is 35.2. The van der Waals surface area contributed by atoms with Crippen LogP contribution in [0.1, 0.15) is 115 Å². The summed E-state index contributed by atoms with van der Waals surface area (Å²) in [5.74, 6) is -2.28. The Hall–Kier alpha value is -5.57. The Morgan fingerprint density at radius 3 is 1.97 bits per heavy atom. The van der Waals surface area contributed by atoms with Crippen LogP contribution in [-0.4, -0.2) is 19.6 Å². The van der Waals surface area contributed by atoms with Crippen molar-refractivity contribution in [3.8, 4) is 67.5 Å². The smallest absolute Gasteiger partial charge is 0.148 e. The van der Waals surface area contributed by atoms with Crippen molar-refractivity contribution in [3.05, 3.63) is 167 Å². The number of imidazole rings is 1. The first-order chi connectivity index (χ1) is 30.5. The maximum atomic E-state index is 11.4. The minimum absolute atomic E-state index is 0. The minimum atomic E-state index is -2.60. The molecule has 0 fully saturated rings. The van der Waals surface area contributed by atoms with Crippen LogP contribution in [0.5, 0.6) is 5.75 Å². The Labute approximate surface area is 379 Å². The van der Waals surface area contributed by atoms with Gasteiger partial charge in [-0.25, -0.2) is 4.98 Å². The third-order valence-corrected chi connectivity index (χ3v) is 11.2. The first-order valence-corrected chi connectivity index (χ1v) is 20.2. The molecule has 0 atom stereocenters. The summed E-state index contributed by atoms with van der Waals surface area (Å²) < 4.78 is 55.3. The molecular weight excluding hydrogens is 914 g/mol. The summed E-state index contributed by atoms with van der Waals surface area (Å²) in [5, 5.41) is 11.4. The van der Waals surface area contributed by atoms with E-state index in [1.165, 1.54) is 0 Å². The molecule has 0 aliphatic carbocycles. The molecule has 2 aromatic heterocycles. The molecule has 0 aliphatic heterocycles. The van der Waals surface area contributed by atoms with Crippen molar-refractivity contribution >= 4 is 11.0 Å². The molecular formula is C55H54N3OPt-. The molecule has 1 N–H and O–H groups in total. The number of benzene rings is 6. The average molecular weight is 974 g/mol. The Morgan fingerprint density at radius 1 is 0.633 bits per heavy atom. The topological polar surface area (TPSA) is 50.9 Å². The van der Waals surface area contributed by atoms with Crippen molar-refractivity contribution in [1.82, 2.24) is 14.5 Å². The number of phenols is 1. The summed E-state index contributed by atoms with van der Waals surface area (Å²) in [5.41, 5.74) is 11.8. The predicted molar refractivity (Wildman–Crippen MR) is 248 cm³/mol. The fourth-order valence-electron chi connectivity index (χ4n) is 7.95. The van der Waals surface area contributed by atoms with Gasteiger partial charge in [-0.05, 0) is 111 Å². The Morgan fingerprint density at radius 2 is 1.30 bits per heavy atom. The van der Waals surface area contributed by atoms with Crippen molar-refractivity contribution in [1.29, 1.82) is 0 Å². The largest absolute Gasteiger partial charge is 0.507 e. The minimum Gasteiger partial charge on any atom is -0.507 e. The van der Waals surface area contributed by atoms with Crippen molar-refractivity contribution in [2.45, 2.75) is 85.8 Å². The third kappa shape index (κ3) is 8.15. The Balaban J connectivity index is 0.00000648. The van der Waals surface area contributed by atoms with Gasteiger partial charge in [-0.15, -0.1) is 29.3 Å². The maximum Gasteiger partial charge on any atom is 0.148 e. The van der Waals surface area contributed by atoms with E-state index in [1.807, 2.05) is 97.3 Å². The van der Waals surface area contributed by atoms with Gasteiger partial charge in [0.05, 0.1) is 22.3 Å². The zero-order valence-corrected chi connectivity index (χ0v) is 37.7. The van der Waals surface area contributed by atoms with Crippen LogP contribution in [0.25, 0.3) is 72.7 Å². The normalized spacial score (nSPS) is 13.8. The van der Waals surface area contributed by atoms with E-state index in [4.69, 9.17) is 18.2 Å². The molecule has 0 saturated heterocycles. The second kappa shape index (κ2) is 17.6. The summed E-state index contributed by atoms with van der Waals surface area (Å²) in [6.07, 6.45) is 1.80. The zero-order valence-electron chi connectivity index (χ0n) is 41.4. The molecule has 0 amide bonds. The molecule has 8 aromatic rings. The van der Waals surface area contributed by atoms with Crippen molar-refractivity contribution < 1.29 is 34.4 Å². The van der Waals surface area contributed by atoms with Crippen molar-refractivity contribution in [2.75, 3.05) is 0 Å². The Bertz CT molecular complexity index is 3050. The number of aryl methyl sites for hydroxylation is 1. The molecule has 306 valence electrons. The van der Waals surface area contributed by atoms with Crippen LogP contribution in [0.4, 0.5) is 0 Å². The van der Waals surface area contributed by atoms with Crippen LogP contribution < -0.4 is 0 Å². The van der Waals surface area contributed by atoms with Gasteiger partial charge in [0.15, 0.2) is 0 Å². The number of phenolic OH excluding ortho intramolecular Hbond substituents is 1. The van der Waals surface area contributed by atoms with Crippen LogP contribution in [0.15, 0.2) is 134 Å². The standard InChI is InChI=1S/C55H54N3O.Pt/c1-33(2)38-20-22-39(23-21-38)40-26-27-56-49(32-40)44-30-42(34(3)4)29-43(31-44)47-17-13-18-51-54(47)57-55(48-14-10-11-19-52(48)59)58(51)50-25-24-41(28-37(50)9)53-45(35(5)6)15-12-16-46(53)36(7)8;/h10-30,32-36,59H,1-9H3;/q-1;/i9D3,33D,35D,36D;. The number of nitrogens with zero attached hydrogens (tertiary/aromatic N) is 3.